The third-order valence-corrected chi connectivity index (χ3v) is 5.50. The summed E-state index contributed by atoms with van der Waals surface area (Å²) in [5.74, 6) is -2.37. The largest absolute Gasteiger partial charge is 0.495 e. The summed E-state index contributed by atoms with van der Waals surface area (Å²) in [6.07, 6.45) is -4.10. The van der Waals surface area contributed by atoms with Crippen molar-refractivity contribution in [2.24, 2.45) is 10.7 Å². The van der Waals surface area contributed by atoms with Crippen molar-refractivity contribution < 1.29 is 35.9 Å². The lowest BCUT2D eigenvalue weighted by Gasteiger charge is -2.41. The van der Waals surface area contributed by atoms with Gasteiger partial charge in [-0.25, -0.2) is 9.37 Å². The summed E-state index contributed by atoms with van der Waals surface area (Å²) in [6.45, 7) is 1.49. The molecule has 32 heavy (non-hydrogen) atoms. The Morgan fingerprint density at radius 3 is 2.69 bits per heavy atom. The lowest BCUT2D eigenvalue weighted by Crippen LogP contribution is -2.60. The van der Waals surface area contributed by atoms with Gasteiger partial charge >= 0.3 is 6.18 Å². The standard InChI is InChI=1S/C21H20ClF4N3O3/c1-19(10-32-20(2,18(27)29-19)21(24,25)26)13-6-11(4-5-15(13)23)7-16(30)17-14(22)8-12(31-3)9-28-17/h4-6,8-9H,7,10H2,1-3H3,(H2,27,29)/t19-,20+/m0/s1/i3D3. The molecule has 0 radical (unpaired) electrons. The molecule has 1 aliphatic heterocycles. The maximum atomic E-state index is 14.7. The second-order valence-corrected chi connectivity index (χ2v) is 8.02. The van der Waals surface area contributed by atoms with E-state index >= 15 is 0 Å². The number of nitrogens with two attached hydrogens (primary N) is 1. The number of rotatable bonds is 5. The van der Waals surface area contributed by atoms with Crippen molar-refractivity contribution in [3.8, 4) is 5.75 Å². The van der Waals surface area contributed by atoms with Gasteiger partial charge in [-0.1, -0.05) is 17.7 Å². The summed E-state index contributed by atoms with van der Waals surface area (Å²) in [4.78, 5) is 20.5. The molecule has 11 heteroatoms. The van der Waals surface area contributed by atoms with Gasteiger partial charge in [-0.05, 0) is 31.5 Å². The number of ether oxygens (including phenoxy) is 2. The zero-order chi connectivity index (χ0) is 26.4. The number of nitrogens with zero attached hydrogens (tertiary/aromatic N) is 2. The number of benzene rings is 1. The number of carbonyl (C=O) groups excluding carboxylic acids is 1. The van der Waals surface area contributed by atoms with Crippen molar-refractivity contribution in [3.63, 3.8) is 0 Å². The first-order valence-corrected chi connectivity index (χ1v) is 9.56. The first-order chi connectivity index (χ1) is 15.9. The van der Waals surface area contributed by atoms with Crippen LogP contribution in [0.4, 0.5) is 17.6 Å². The average Bonchev–Trinajstić information content (AvgIpc) is 2.70. The van der Waals surface area contributed by atoms with Crippen LogP contribution in [-0.4, -0.2) is 42.0 Å². The number of ketones is 1. The monoisotopic (exact) mass is 476 g/mol. The summed E-state index contributed by atoms with van der Waals surface area (Å²) in [7, 11) is -2.73. The highest BCUT2D eigenvalue weighted by Crippen LogP contribution is 2.41. The van der Waals surface area contributed by atoms with Gasteiger partial charge in [-0.3, -0.25) is 9.79 Å². The second kappa shape index (κ2) is 8.32. The third-order valence-electron chi connectivity index (χ3n) is 5.21. The molecule has 2 atom stereocenters. The van der Waals surface area contributed by atoms with E-state index in [-0.39, 0.29) is 28.5 Å². The zero-order valence-corrected chi connectivity index (χ0v) is 17.6. The van der Waals surface area contributed by atoms with Crippen LogP contribution in [0.1, 0.15) is 39.6 Å². The van der Waals surface area contributed by atoms with Crippen molar-refractivity contribution in [3.05, 3.63) is 58.1 Å². The van der Waals surface area contributed by atoms with Crippen LogP contribution in [0.15, 0.2) is 35.5 Å². The Morgan fingerprint density at radius 2 is 2.09 bits per heavy atom. The molecule has 0 fully saturated rings. The van der Waals surface area contributed by atoms with E-state index in [1.165, 1.54) is 19.1 Å². The minimum Gasteiger partial charge on any atom is -0.495 e. The van der Waals surface area contributed by atoms with Gasteiger partial charge in [0.1, 0.15) is 28.6 Å². The van der Waals surface area contributed by atoms with Gasteiger partial charge in [-0.2, -0.15) is 13.2 Å². The van der Waals surface area contributed by atoms with E-state index in [0.717, 1.165) is 25.3 Å². The molecule has 0 saturated heterocycles. The molecular weight excluding hydrogens is 454 g/mol. The molecule has 0 aliphatic carbocycles. The molecule has 0 bridgehead atoms. The summed E-state index contributed by atoms with van der Waals surface area (Å²) in [6, 6.07) is 4.77. The third kappa shape index (κ3) is 4.29. The Kier molecular flexibility index (Phi) is 5.18. The fraction of sp³-hybridized carbons (Fsp3) is 0.381. The number of aliphatic imine (C=N–C) groups is 1. The highest BCUT2D eigenvalue weighted by Gasteiger charge is 2.59. The van der Waals surface area contributed by atoms with Gasteiger partial charge < -0.3 is 15.2 Å². The Hall–Kier alpha value is -2.72. The molecule has 3 rings (SSSR count). The lowest BCUT2D eigenvalue weighted by molar-refractivity contribution is -0.249. The van der Waals surface area contributed by atoms with E-state index in [1.807, 2.05) is 0 Å². The molecule has 2 N–H and O–H groups in total. The van der Waals surface area contributed by atoms with E-state index in [4.69, 9.17) is 26.2 Å². The Balaban J connectivity index is 1.88. The second-order valence-electron chi connectivity index (χ2n) is 7.61. The fourth-order valence-corrected chi connectivity index (χ4v) is 3.44. The zero-order valence-electron chi connectivity index (χ0n) is 19.9. The van der Waals surface area contributed by atoms with Gasteiger partial charge in [-0.15, -0.1) is 0 Å². The van der Waals surface area contributed by atoms with Gasteiger partial charge in [0.05, 0.1) is 29.0 Å². The number of halogens is 5. The molecule has 0 unspecified atom stereocenters. The first-order valence-electron chi connectivity index (χ1n) is 10.7. The quantitative estimate of drug-likeness (QED) is 0.515. The number of Topliss-reactive ketones (excluding diaryl/α,β-unsaturated/α-hetero) is 1. The number of pyridine rings is 1. The van der Waals surface area contributed by atoms with Crippen molar-refractivity contribution in [2.75, 3.05) is 13.6 Å². The topological polar surface area (TPSA) is 86.8 Å². The van der Waals surface area contributed by atoms with E-state index in [1.54, 1.807) is 0 Å². The van der Waals surface area contributed by atoms with E-state index in [9.17, 15) is 22.4 Å². The number of hydrogen-bond donors (Lipinski definition) is 1. The Labute approximate surface area is 190 Å². The number of alkyl halides is 3. The molecule has 0 saturated carbocycles. The maximum Gasteiger partial charge on any atom is 0.424 e. The predicted octanol–water partition coefficient (Wildman–Crippen LogP) is 4.23. The van der Waals surface area contributed by atoms with E-state index in [0.29, 0.717) is 5.56 Å². The van der Waals surface area contributed by atoms with Crippen LogP contribution in [-0.2, 0) is 16.7 Å². The summed E-state index contributed by atoms with van der Waals surface area (Å²) in [5, 5.41) is -0.157. The molecule has 0 spiro atoms. The summed E-state index contributed by atoms with van der Waals surface area (Å²) in [5.41, 5.74) is 1.20. The Morgan fingerprint density at radius 1 is 1.38 bits per heavy atom. The smallest absolute Gasteiger partial charge is 0.424 e. The normalized spacial score (nSPS) is 25.3. The molecule has 0 amide bonds. The number of hydrogen-bond acceptors (Lipinski definition) is 6. The van der Waals surface area contributed by atoms with Crippen LogP contribution in [0, 0.1) is 5.82 Å². The molecule has 172 valence electrons. The van der Waals surface area contributed by atoms with Gasteiger partial charge in [0.25, 0.3) is 0 Å². The van der Waals surface area contributed by atoms with Gasteiger partial charge in [0.15, 0.2) is 5.78 Å². The molecule has 2 heterocycles. The predicted molar refractivity (Wildman–Crippen MR) is 110 cm³/mol. The highest BCUT2D eigenvalue weighted by atomic mass is 35.5. The number of carbonyl (C=O) groups is 1. The number of amidine groups is 1. The van der Waals surface area contributed by atoms with Crippen LogP contribution in [0.5, 0.6) is 5.75 Å². The lowest BCUT2D eigenvalue weighted by atomic mass is 9.88. The molecule has 1 aromatic heterocycles. The minimum atomic E-state index is -4.83. The summed E-state index contributed by atoms with van der Waals surface area (Å²) < 4.78 is 85.8. The number of aromatic nitrogens is 1. The first kappa shape index (κ1) is 19.9. The minimum absolute atomic E-state index is 0.115. The van der Waals surface area contributed by atoms with Crippen molar-refractivity contribution in [2.45, 2.75) is 37.6 Å². The van der Waals surface area contributed by atoms with E-state index in [2.05, 4.69) is 14.7 Å². The number of methoxy groups -OCH3 is 1. The summed E-state index contributed by atoms with van der Waals surface area (Å²) >= 11 is 6.05. The molecule has 1 aromatic carbocycles. The molecular formula is C21H20ClF4N3O3. The van der Waals surface area contributed by atoms with Crippen molar-refractivity contribution in [1.29, 1.82) is 0 Å². The fourth-order valence-electron chi connectivity index (χ4n) is 3.17. The van der Waals surface area contributed by atoms with Crippen molar-refractivity contribution in [1.82, 2.24) is 4.98 Å². The molecule has 2 aromatic rings. The van der Waals surface area contributed by atoms with Crippen LogP contribution in [0.2, 0.25) is 5.02 Å². The van der Waals surface area contributed by atoms with E-state index < -0.39 is 48.4 Å². The van der Waals surface area contributed by atoms with Gasteiger partial charge in [0.2, 0.25) is 5.60 Å². The average molecular weight is 477 g/mol. The van der Waals surface area contributed by atoms with Gasteiger partial charge in [0, 0.05) is 18.1 Å². The molecule has 6 nitrogen and oxygen atoms in total. The van der Waals surface area contributed by atoms with Crippen LogP contribution in [0.3, 0.4) is 0 Å². The van der Waals surface area contributed by atoms with Crippen LogP contribution in [0.25, 0.3) is 0 Å². The Bertz CT molecular complexity index is 1190. The van der Waals surface area contributed by atoms with Crippen LogP contribution < -0.4 is 10.5 Å². The van der Waals surface area contributed by atoms with Crippen molar-refractivity contribution >= 4 is 23.2 Å². The highest BCUT2D eigenvalue weighted by molar-refractivity contribution is 6.33. The maximum absolute atomic E-state index is 14.7. The SMILES string of the molecule is [2H]C([2H])([2H])Oc1cnc(C(=O)Cc2ccc(F)c([C@]3(C)CO[C@@](C)(C(F)(F)F)C(N)=N3)c2)c(Cl)c1. The molecule has 1 aliphatic rings. The van der Waals surface area contributed by atoms with Crippen LogP contribution >= 0.6 is 11.6 Å².